The van der Waals surface area contributed by atoms with Crippen molar-refractivity contribution in [1.82, 2.24) is 10.6 Å². The van der Waals surface area contributed by atoms with E-state index < -0.39 is 17.1 Å². The van der Waals surface area contributed by atoms with Gasteiger partial charge in [0.15, 0.2) is 0 Å². The number of benzene rings is 1. The Balaban J connectivity index is 1.37. The van der Waals surface area contributed by atoms with Crippen molar-refractivity contribution in [3.63, 3.8) is 0 Å². The largest absolute Gasteiger partial charge is 0.396 e. The lowest BCUT2D eigenvalue weighted by atomic mass is 9.51. The van der Waals surface area contributed by atoms with Crippen molar-refractivity contribution in [2.24, 2.45) is 29.1 Å². The average Bonchev–Trinajstić information content (AvgIpc) is 3.53. The van der Waals surface area contributed by atoms with E-state index >= 15 is 0 Å². The summed E-state index contributed by atoms with van der Waals surface area (Å²) in [5.74, 6) is 0.366. The predicted molar refractivity (Wildman–Crippen MR) is 220 cm³/mol. The Hall–Kier alpha value is -2.65. The van der Waals surface area contributed by atoms with Gasteiger partial charge in [-0.05, 0) is 145 Å². The van der Waals surface area contributed by atoms with Crippen LogP contribution in [0, 0.1) is 29.1 Å². The first kappa shape index (κ1) is 42.5. The highest BCUT2D eigenvalue weighted by atomic mass is 16.3. The summed E-state index contributed by atoms with van der Waals surface area (Å²) in [5, 5.41) is 52.7. The van der Waals surface area contributed by atoms with E-state index in [1.165, 1.54) is 48.8 Å². The molecule has 0 saturated heterocycles. The van der Waals surface area contributed by atoms with Gasteiger partial charge in [0.25, 0.3) is 0 Å². The van der Waals surface area contributed by atoms with Gasteiger partial charge < -0.3 is 31.1 Å². The van der Waals surface area contributed by atoms with Gasteiger partial charge in [0.1, 0.15) is 6.29 Å². The van der Waals surface area contributed by atoms with Crippen LogP contribution in [0.15, 0.2) is 83.0 Å². The quantitative estimate of drug-likeness (QED) is 0.0552. The number of aliphatic hydroxyl groups excluding tert-OH is 3. The minimum atomic E-state index is -1.16. The molecule has 6 N–H and O–H groups in total. The number of allylic oxidation sites excluding steroid dienone is 7. The topological polar surface area (TPSA) is 122 Å². The van der Waals surface area contributed by atoms with Gasteiger partial charge in [-0.1, -0.05) is 91.1 Å². The van der Waals surface area contributed by atoms with Crippen LogP contribution in [0.4, 0.5) is 0 Å². The maximum absolute atomic E-state index is 12.5. The SMILES string of the molecule is C=C(C=CC=C(CO)C1CCC2(C(CCCO)C(=C(C)C=O)CCC2(O)CCNC)C1O)C1CC=C(C)CNC(C2CCCCC2)Cc2cccc(c2)C1. The molecule has 4 aliphatic rings. The second-order valence-corrected chi connectivity index (χ2v) is 17.2. The van der Waals surface area contributed by atoms with Crippen LogP contribution < -0.4 is 10.6 Å². The van der Waals surface area contributed by atoms with E-state index in [1.807, 2.05) is 26.1 Å². The molecule has 0 aromatic heterocycles. The van der Waals surface area contributed by atoms with E-state index in [9.17, 15) is 25.2 Å². The minimum absolute atomic E-state index is 0.00447. The summed E-state index contributed by atoms with van der Waals surface area (Å²) in [6.45, 7) is 9.91. The number of carbonyl (C=O) groups excluding carboxylic acids is 1. The summed E-state index contributed by atoms with van der Waals surface area (Å²) in [4.78, 5) is 12.1. The molecule has 1 aromatic carbocycles. The first-order chi connectivity index (χ1) is 26.1. The molecule has 298 valence electrons. The number of fused-ring (bicyclic) bond motifs is 2. The van der Waals surface area contributed by atoms with Gasteiger partial charge in [-0.15, -0.1) is 0 Å². The van der Waals surface area contributed by atoms with Crippen molar-refractivity contribution in [1.29, 1.82) is 0 Å². The zero-order chi connectivity index (χ0) is 38.7. The fraction of sp³-hybridized carbons (Fsp3) is 0.638. The van der Waals surface area contributed by atoms with Crippen LogP contribution in [0.25, 0.3) is 0 Å². The first-order valence-corrected chi connectivity index (χ1v) is 21.0. The zero-order valence-electron chi connectivity index (χ0n) is 33.5. The molecule has 7 atom stereocenters. The third-order valence-electron chi connectivity index (χ3n) is 14.0. The lowest BCUT2D eigenvalue weighted by Gasteiger charge is -2.57. The monoisotopic (exact) mass is 743 g/mol. The Morgan fingerprint density at radius 3 is 2.56 bits per heavy atom. The molecule has 54 heavy (non-hydrogen) atoms. The van der Waals surface area contributed by atoms with Crippen molar-refractivity contribution in [3.05, 3.63) is 94.1 Å². The van der Waals surface area contributed by atoms with E-state index in [-0.39, 0.29) is 31.0 Å². The normalized spacial score (nSPS) is 32.6. The molecular weight excluding hydrogens is 673 g/mol. The molecule has 1 heterocycles. The van der Waals surface area contributed by atoms with Gasteiger partial charge in [0.2, 0.25) is 0 Å². The molecule has 0 amide bonds. The van der Waals surface area contributed by atoms with Gasteiger partial charge in [-0.3, -0.25) is 4.79 Å². The Kier molecular flexibility index (Phi) is 15.7. The Morgan fingerprint density at radius 1 is 1.09 bits per heavy atom. The Morgan fingerprint density at radius 2 is 1.85 bits per heavy atom. The predicted octanol–water partition coefficient (Wildman–Crippen LogP) is 7.10. The number of rotatable bonds is 13. The van der Waals surface area contributed by atoms with E-state index in [2.05, 4.69) is 60.6 Å². The maximum atomic E-state index is 12.5. The first-order valence-electron chi connectivity index (χ1n) is 21.0. The lowest BCUT2D eigenvalue weighted by Crippen LogP contribution is -2.61. The van der Waals surface area contributed by atoms with Gasteiger partial charge >= 0.3 is 0 Å². The fourth-order valence-electron chi connectivity index (χ4n) is 10.8. The summed E-state index contributed by atoms with van der Waals surface area (Å²) in [6.07, 6.45) is 21.7. The summed E-state index contributed by atoms with van der Waals surface area (Å²) in [6, 6.07) is 9.64. The third-order valence-corrected chi connectivity index (χ3v) is 14.0. The Bertz CT molecular complexity index is 1540. The molecule has 3 fully saturated rings. The molecule has 2 bridgehead atoms. The fourth-order valence-corrected chi connectivity index (χ4v) is 10.8. The highest BCUT2D eigenvalue weighted by Crippen LogP contribution is 2.64. The molecule has 7 unspecified atom stereocenters. The van der Waals surface area contributed by atoms with E-state index in [4.69, 9.17) is 0 Å². The van der Waals surface area contributed by atoms with Crippen LogP contribution in [0.3, 0.4) is 0 Å². The molecular formula is C47H70N2O5. The third kappa shape index (κ3) is 9.65. The van der Waals surface area contributed by atoms with E-state index in [0.717, 1.165) is 54.7 Å². The van der Waals surface area contributed by atoms with Crippen LogP contribution in [0.5, 0.6) is 0 Å². The standard InChI is InChI=1S/C47H70N2O5/c1-33-18-19-39(28-36-12-9-13-37(27-36)29-44(49-30-33)38-14-6-5-7-15-38)34(2)11-8-16-40(32-52)42-21-23-47(45(42)53)43(17-10-26-50)41(35(3)31-51)20-22-46(47,54)24-25-48-4/h8-9,11-13,16,18,27,31,38-39,42-45,48-50,52-54H,2,5-7,10,14-15,17,19-26,28-30,32H2,1,3-4H3. The summed E-state index contributed by atoms with van der Waals surface area (Å²) in [5.41, 5.74) is 5.46. The summed E-state index contributed by atoms with van der Waals surface area (Å²) >= 11 is 0. The van der Waals surface area contributed by atoms with Crippen molar-refractivity contribution in [2.75, 3.05) is 33.4 Å². The van der Waals surface area contributed by atoms with Crippen LogP contribution >= 0.6 is 0 Å². The molecule has 5 rings (SSSR count). The van der Waals surface area contributed by atoms with Crippen molar-refractivity contribution >= 4 is 6.29 Å². The number of hydrogen-bond donors (Lipinski definition) is 6. The van der Waals surface area contributed by atoms with Crippen LogP contribution in [0.1, 0.15) is 108 Å². The van der Waals surface area contributed by atoms with Gasteiger partial charge in [-0.2, -0.15) is 0 Å². The molecule has 1 aromatic rings. The van der Waals surface area contributed by atoms with Crippen molar-refractivity contribution in [3.8, 4) is 0 Å². The number of aliphatic hydroxyl groups is 4. The van der Waals surface area contributed by atoms with E-state index in [0.29, 0.717) is 63.1 Å². The smallest absolute Gasteiger partial charge is 0.145 e. The molecule has 3 saturated carbocycles. The van der Waals surface area contributed by atoms with Crippen molar-refractivity contribution < 1.29 is 25.2 Å². The highest BCUT2D eigenvalue weighted by molar-refractivity contribution is 5.74. The molecule has 7 heteroatoms. The maximum Gasteiger partial charge on any atom is 0.145 e. The summed E-state index contributed by atoms with van der Waals surface area (Å²) in [7, 11) is 1.87. The molecule has 7 nitrogen and oxygen atoms in total. The number of hydrogen-bond acceptors (Lipinski definition) is 7. The minimum Gasteiger partial charge on any atom is -0.396 e. The van der Waals surface area contributed by atoms with Gasteiger partial charge in [-0.25, -0.2) is 0 Å². The second-order valence-electron chi connectivity index (χ2n) is 17.2. The highest BCUT2D eigenvalue weighted by Gasteiger charge is 2.65. The number of nitrogens with one attached hydrogen (secondary N) is 2. The lowest BCUT2D eigenvalue weighted by molar-refractivity contribution is -0.180. The average molecular weight is 743 g/mol. The zero-order valence-corrected chi connectivity index (χ0v) is 33.5. The second kappa shape index (κ2) is 20.0. The number of carbonyl (C=O) groups is 1. The molecule has 1 spiro atoms. The van der Waals surface area contributed by atoms with Crippen LogP contribution in [-0.2, 0) is 17.6 Å². The van der Waals surface area contributed by atoms with Crippen LogP contribution in [-0.4, -0.2) is 77.8 Å². The molecule has 3 aliphatic carbocycles. The molecule has 0 radical (unpaired) electrons. The van der Waals surface area contributed by atoms with Gasteiger partial charge in [0, 0.05) is 30.5 Å². The van der Waals surface area contributed by atoms with Gasteiger partial charge in [0.05, 0.1) is 18.3 Å². The Labute approximate surface area is 325 Å². The van der Waals surface area contributed by atoms with E-state index in [1.54, 1.807) is 0 Å². The van der Waals surface area contributed by atoms with Crippen LogP contribution in [0.2, 0.25) is 0 Å². The van der Waals surface area contributed by atoms with Crippen molar-refractivity contribution in [2.45, 2.75) is 128 Å². The summed E-state index contributed by atoms with van der Waals surface area (Å²) < 4.78 is 0. The molecule has 1 aliphatic heterocycles. The number of aldehydes is 1.